The molecule has 11 heteroatoms. The van der Waals surface area contributed by atoms with Crippen LogP contribution < -0.4 is 20.5 Å². The van der Waals surface area contributed by atoms with E-state index in [1.54, 1.807) is 31.3 Å². The van der Waals surface area contributed by atoms with E-state index in [1.165, 1.54) is 28.7 Å². The van der Waals surface area contributed by atoms with Gasteiger partial charge in [-0.3, -0.25) is 14.4 Å². The lowest BCUT2D eigenvalue weighted by atomic mass is 9.87. The van der Waals surface area contributed by atoms with Gasteiger partial charge < -0.3 is 24.3 Å². The molecular weight excluding hydrogens is 544 g/mol. The summed E-state index contributed by atoms with van der Waals surface area (Å²) in [5.74, 6) is -4.80. The molecule has 3 aromatic rings. The van der Waals surface area contributed by atoms with Crippen molar-refractivity contribution < 1.29 is 27.8 Å². The highest BCUT2D eigenvalue weighted by Crippen LogP contribution is 2.39. The summed E-state index contributed by atoms with van der Waals surface area (Å²) in [5, 5.41) is 3.16. The Labute approximate surface area is 234 Å². The fourth-order valence-corrected chi connectivity index (χ4v) is 5.35. The molecule has 3 heterocycles. The monoisotopic (exact) mass is 571 g/mol. The van der Waals surface area contributed by atoms with Crippen molar-refractivity contribution in [3.05, 3.63) is 92.4 Å². The van der Waals surface area contributed by atoms with E-state index in [-0.39, 0.29) is 36.2 Å². The zero-order valence-corrected chi connectivity index (χ0v) is 22.7. The largest absolute Gasteiger partial charge is 0.497 e. The number of pyridine rings is 1. The van der Waals surface area contributed by atoms with Gasteiger partial charge in [0.25, 0.3) is 11.5 Å². The van der Waals surface area contributed by atoms with Crippen molar-refractivity contribution in [2.45, 2.75) is 31.9 Å². The molecule has 0 bridgehead atoms. The second-order valence-corrected chi connectivity index (χ2v) is 10.4. The summed E-state index contributed by atoms with van der Waals surface area (Å²) in [4.78, 5) is 41.5. The van der Waals surface area contributed by atoms with Gasteiger partial charge in [-0.25, -0.2) is 8.78 Å². The number of aryl methyl sites for hydroxylation is 1. The van der Waals surface area contributed by atoms with Crippen LogP contribution in [-0.4, -0.2) is 49.3 Å². The highest BCUT2D eigenvalue weighted by atomic mass is 35.5. The van der Waals surface area contributed by atoms with E-state index in [0.29, 0.717) is 29.3 Å². The molecule has 8 nitrogen and oxygen atoms in total. The summed E-state index contributed by atoms with van der Waals surface area (Å²) < 4.78 is 42.5. The fourth-order valence-electron chi connectivity index (χ4n) is 5.22. The van der Waals surface area contributed by atoms with E-state index in [4.69, 9.17) is 21.1 Å². The predicted octanol–water partition coefficient (Wildman–Crippen LogP) is 4.06. The van der Waals surface area contributed by atoms with Crippen molar-refractivity contribution in [2.24, 2.45) is 5.92 Å². The van der Waals surface area contributed by atoms with Crippen molar-refractivity contribution in [1.29, 1.82) is 0 Å². The molecule has 3 atom stereocenters. The molecule has 0 aliphatic carbocycles. The third-order valence-electron chi connectivity index (χ3n) is 7.50. The number of carbonyl (C=O) groups excluding carboxylic acids is 2. The normalized spacial score (nSPS) is 20.4. The molecule has 2 fully saturated rings. The maximum Gasteiger partial charge on any atom is 0.274 e. The number of hydrogen-bond donors (Lipinski definition) is 1. The van der Waals surface area contributed by atoms with E-state index in [0.717, 1.165) is 18.6 Å². The second kappa shape index (κ2) is 11.4. The minimum atomic E-state index is -1.05. The van der Waals surface area contributed by atoms with Crippen LogP contribution in [0.1, 0.15) is 33.8 Å². The number of nitrogens with one attached hydrogen (secondary N) is 1. The topological polar surface area (TPSA) is 89.9 Å². The SMILES string of the molecule is COc1cc(F)c([C@@H]2CN(c3c(C)ccn(CC4CCO4)c3=O)C(=O)C2CNC(=O)c2ccc(Cl)cc2)c(F)c1. The molecule has 2 aliphatic heterocycles. The molecule has 1 aromatic heterocycles. The lowest BCUT2D eigenvalue weighted by Gasteiger charge is -2.28. The zero-order chi connectivity index (χ0) is 28.6. The molecule has 2 aromatic carbocycles. The molecule has 2 saturated heterocycles. The number of aromatic nitrogens is 1. The minimum Gasteiger partial charge on any atom is -0.497 e. The Morgan fingerprint density at radius 1 is 1.15 bits per heavy atom. The summed E-state index contributed by atoms with van der Waals surface area (Å²) in [7, 11) is 1.29. The lowest BCUT2D eigenvalue weighted by Crippen LogP contribution is -2.40. The number of rotatable bonds is 8. The average Bonchev–Trinajstić information content (AvgIpc) is 3.20. The lowest BCUT2D eigenvalue weighted by molar-refractivity contribution is -0.120. The van der Waals surface area contributed by atoms with E-state index < -0.39 is 40.8 Å². The van der Waals surface area contributed by atoms with Gasteiger partial charge in [0.05, 0.1) is 25.7 Å². The van der Waals surface area contributed by atoms with E-state index in [2.05, 4.69) is 5.32 Å². The molecule has 2 amide bonds. The molecule has 0 spiro atoms. The number of ether oxygens (including phenoxy) is 2. The predicted molar refractivity (Wildman–Crippen MR) is 145 cm³/mol. The molecule has 1 N–H and O–H groups in total. The number of benzene rings is 2. The maximum absolute atomic E-state index is 15.3. The Morgan fingerprint density at radius 2 is 1.82 bits per heavy atom. The molecule has 40 heavy (non-hydrogen) atoms. The highest BCUT2D eigenvalue weighted by molar-refractivity contribution is 6.30. The van der Waals surface area contributed by atoms with E-state index in [9.17, 15) is 14.4 Å². The third kappa shape index (κ3) is 5.33. The molecule has 0 saturated carbocycles. The van der Waals surface area contributed by atoms with Crippen LogP contribution in [0.2, 0.25) is 5.02 Å². The number of nitrogens with zero attached hydrogens (tertiary/aromatic N) is 2. The van der Waals surface area contributed by atoms with Gasteiger partial charge in [0, 0.05) is 60.1 Å². The van der Waals surface area contributed by atoms with Gasteiger partial charge >= 0.3 is 0 Å². The fraction of sp³-hybridized carbons (Fsp3) is 0.345. The van der Waals surface area contributed by atoms with Crippen LogP contribution in [-0.2, 0) is 16.1 Å². The Morgan fingerprint density at radius 3 is 2.42 bits per heavy atom. The Hall–Kier alpha value is -3.76. The van der Waals surface area contributed by atoms with Crippen LogP contribution in [0.5, 0.6) is 5.75 Å². The first-order valence-electron chi connectivity index (χ1n) is 12.9. The summed E-state index contributed by atoms with van der Waals surface area (Å²) in [6.07, 6.45) is 2.38. The first-order chi connectivity index (χ1) is 19.2. The number of anilines is 1. The number of halogens is 3. The highest BCUT2D eigenvalue weighted by Gasteiger charge is 2.45. The summed E-state index contributed by atoms with van der Waals surface area (Å²) >= 11 is 5.91. The maximum atomic E-state index is 15.3. The van der Waals surface area contributed by atoms with Crippen molar-refractivity contribution in [2.75, 3.05) is 31.7 Å². The van der Waals surface area contributed by atoms with Crippen molar-refractivity contribution in [3.63, 3.8) is 0 Å². The van der Waals surface area contributed by atoms with Crippen LogP contribution >= 0.6 is 11.6 Å². The number of amides is 2. The molecular formula is C29H28ClF2N3O5. The van der Waals surface area contributed by atoms with Crippen LogP contribution in [0.3, 0.4) is 0 Å². The smallest absolute Gasteiger partial charge is 0.274 e. The third-order valence-corrected chi connectivity index (χ3v) is 7.75. The molecule has 210 valence electrons. The van der Waals surface area contributed by atoms with Crippen molar-refractivity contribution in [3.8, 4) is 5.75 Å². The van der Waals surface area contributed by atoms with Gasteiger partial charge in [-0.15, -0.1) is 0 Å². The van der Waals surface area contributed by atoms with Crippen molar-refractivity contribution >= 4 is 29.1 Å². The molecule has 0 radical (unpaired) electrons. The standard InChI is InChI=1S/C29H28ClF2N3O5/c1-16-7-9-34(14-19-8-10-40-19)29(38)26(16)35-15-22(25-23(31)11-20(39-2)12-24(25)32)21(28(35)37)13-33-27(36)17-3-5-18(30)6-4-17/h3-7,9,11-12,19,21-22H,8,10,13-15H2,1-2H3,(H,33,36)/t19?,21?,22-/m1/s1. The summed E-state index contributed by atoms with van der Waals surface area (Å²) in [6.45, 7) is 2.31. The van der Waals surface area contributed by atoms with Gasteiger partial charge in [-0.05, 0) is 49.2 Å². The molecule has 2 aliphatic rings. The van der Waals surface area contributed by atoms with Crippen LogP contribution in [0, 0.1) is 24.5 Å². The van der Waals surface area contributed by atoms with Crippen molar-refractivity contribution in [1.82, 2.24) is 9.88 Å². The van der Waals surface area contributed by atoms with E-state index >= 15 is 8.78 Å². The van der Waals surface area contributed by atoms with E-state index in [1.807, 2.05) is 0 Å². The van der Waals surface area contributed by atoms with Crippen LogP contribution in [0.4, 0.5) is 14.5 Å². The second-order valence-electron chi connectivity index (χ2n) is 9.97. The number of hydrogen-bond acceptors (Lipinski definition) is 5. The Kier molecular flexibility index (Phi) is 7.91. The van der Waals surface area contributed by atoms with Gasteiger partial charge in [0.1, 0.15) is 23.1 Å². The Balaban J connectivity index is 1.50. The first-order valence-corrected chi connectivity index (χ1v) is 13.3. The van der Waals surface area contributed by atoms with Gasteiger partial charge in [0.15, 0.2) is 0 Å². The first kappa shape index (κ1) is 27.8. The Bertz CT molecular complexity index is 1480. The van der Waals surface area contributed by atoms with Gasteiger partial charge in [-0.2, -0.15) is 0 Å². The summed E-state index contributed by atoms with van der Waals surface area (Å²) in [5.41, 5.74) is 0.287. The average molecular weight is 572 g/mol. The molecule has 2 unspecified atom stereocenters. The molecule has 5 rings (SSSR count). The van der Waals surface area contributed by atoms with Gasteiger partial charge in [-0.1, -0.05) is 11.6 Å². The minimum absolute atomic E-state index is 0.00692. The van der Waals surface area contributed by atoms with Crippen LogP contribution in [0.15, 0.2) is 53.5 Å². The zero-order valence-electron chi connectivity index (χ0n) is 22.0. The van der Waals surface area contributed by atoms with Crippen LogP contribution in [0.25, 0.3) is 0 Å². The number of methoxy groups -OCH3 is 1. The van der Waals surface area contributed by atoms with Gasteiger partial charge in [0.2, 0.25) is 5.91 Å². The number of carbonyl (C=O) groups is 2. The summed E-state index contributed by atoms with van der Waals surface area (Å²) in [6, 6.07) is 10.00. The quantitative estimate of drug-likeness (QED) is 0.440.